The van der Waals surface area contributed by atoms with Gasteiger partial charge in [-0.1, -0.05) is 30.3 Å². The second-order valence-electron chi connectivity index (χ2n) is 4.15. The molecule has 1 aliphatic rings. The zero-order chi connectivity index (χ0) is 9.86. The van der Waals surface area contributed by atoms with Crippen LogP contribution in [0.5, 0.6) is 0 Å². The number of hydrogen-bond donors (Lipinski definition) is 1. The van der Waals surface area contributed by atoms with Crippen LogP contribution in [0.1, 0.15) is 18.9 Å². The molecule has 0 radical (unpaired) electrons. The third kappa shape index (κ3) is 2.34. The lowest BCUT2D eigenvalue weighted by molar-refractivity contribution is -0.0278. The summed E-state index contributed by atoms with van der Waals surface area (Å²) in [6, 6.07) is 10.3. The SMILES string of the molecule is CC1(OCc2ccccc2)CCNC1. The van der Waals surface area contributed by atoms with Gasteiger partial charge in [0.05, 0.1) is 12.2 Å². The minimum atomic E-state index is 0.0375. The van der Waals surface area contributed by atoms with Gasteiger partial charge in [0.1, 0.15) is 0 Å². The average Bonchev–Trinajstić information content (AvgIpc) is 2.65. The van der Waals surface area contributed by atoms with Crippen molar-refractivity contribution < 1.29 is 4.74 Å². The summed E-state index contributed by atoms with van der Waals surface area (Å²) in [4.78, 5) is 0. The van der Waals surface area contributed by atoms with Gasteiger partial charge in [-0.3, -0.25) is 0 Å². The Labute approximate surface area is 85.3 Å². The number of rotatable bonds is 3. The van der Waals surface area contributed by atoms with E-state index in [-0.39, 0.29) is 5.60 Å². The van der Waals surface area contributed by atoms with Gasteiger partial charge >= 0.3 is 0 Å². The van der Waals surface area contributed by atoms with Crippen molar-refractivity contribution in [3.63, 3.8) is 0 Å². The molecule has 2 nitrogen and oxygen atoms in total. The fourth-order valence-electron chi connectivity index (χ4n) is 1.75. The topological polar surface area (TPSA) is 21.3 Å². The summed E-state index contributed by atoms with van der Waals surface area (Å²) >= 11 is 0. The highest BCUT2D eigenvalue weighted by Crippen LogP contribution is 2.20. The second-order valence-corrected chi connectivity index (χ2v) is 4.15. The summed E-state index contributed by atoms with van der Waals surface area (Å²) in [7, 11) is 0. The highest BCUT2D eigenvalue weighted by molar-refractivity contribution is 5.13. The quantitative estimate of drug-likeness (QED) is 0.788. The molecule has 0 aliphatic carbocycles. The van der Waals surface area contributed by atoms with E-state index in [0.29, 0.717) is 0 Å². The maximum atomic E-state index is 5.91. The molecule has 14 heavy (non-hydrogen) atoms. The van der Waals surface area contributed by atoms with Gasteiger partial charge < -0.3 is 10.1 Å². The van der Waals surface area contributed by atoms with Crippen molar-refractivity contribution in [2.45, 2.75) is 25.6 Å². The van der Waals surface area contributed by atoms with E-state index < -0.39 is 0 Å². The molecule has 0 amide bonds. The van der Waals surface area contributed by atoms with Gasteiger partial charge in [0.25, 0.3) is 0 Å². The van der Waals surface area contributed by atoms with Crippen LogP contribution in [0.15, 0.2) is 30.3 Å². The Bertz CT molecular complexity index is 278. The van der Waals surface area contributed by atoms with Crippen molar-refractivity contribution in [3.05, 3.63) is 35.9 Å². The number of ether oxygens (including phenoxy) is 1. The maximum absolute atomic E-state index is 5.91. The van der Waals surface area contributed by atoms with E-state index in [1.54, 1.807) is 0 Å². The van der Waals surface area contributed by atoms with Gasteiger partial charge in [-0.25, -0.2) is 0 Å². The molecule has 1 saturated heterocycles. The van der Waals surface area contributed by atoms with Gasteiger partial charge in [0.2, 0.25) is 0 Å². The standard InChI is InChI=1S/C12H17NO/c1-12(7-8-13-10-12)14-9-11-5-3-2-4-6-11/h2-6,13H,7-10H2,1H3. The van der Waals surface area contributed by atoms with Gasteiger partial charge in [-0.05, 0) is 25.5 Å². The predicted octanol–water partition coefficient (Wildman–Crippen LogP) is 1.96. The van der Waals surface area contributed by atoms with Crippen molar-refractivity contribution in [2.24, 2.45) is 0 Å². The van der Waals surface area contributed by atoms with E-state index in [1.165, 1.54) is 5.56 Å². The molecule has 76 valence electrons. The van der Waals surface area contributed by atoms with Crippen molar-refractivity contribution in [1.29, 1.82) is 0 Å². The summed E-state index contributed by atoms with van der Waals surface area (Å²) in [5.41, 5.74) is 1.29. The van der Waals surface area contributed by atoms with Gasteiger partial charge in [-0.15, -0.1) is 0 Å². The first kappa shape index (κ1) is 9.69. The van der Waals surface area contributed by atoms with Gasteiger partial charge in [0, 0.05) is 6.54 Å². The van der Waals surface area contributed by atoms with E-state index in [2.05, 4.69) is 24.4 Å². The summed E-state index contributed by atoms with van der Waals surface area (Å²) in [5, 5.41) is 3.32. The molecule has 1 aromatic rings. The number of nitrogens with one attached hydrogen (secondary N) is 1. The number of benzene rings is 1. The molecule has 0 aromatic heterocycles. The summed E-state index contributed by atoms with van der Waals surface area (Å²) < 4.78 is 5.91. The van der Waals surface area contributed by atoms with Crippen LogP contribution in [0.3, 0.4) is 0 Å². The summed E-state index contributed by atoms with van der Waals surface area (Å²) in [6.45, 7) is 4.94. The average molecular weight is 191 g/mol. The van der Waals surface area contributed by atoms with Crippen molar-refractivity contribution in [3.8, 4) is 0 Å². The molecule has 0 saturated carbocycles. The van der Waals surface area contributed by atoms with E-state index in [9.17, 15) is 0 Å². The molecule has 1 fully saturated rings. The highest BCUT2D eigenvalue weighted by Gasteiger charge is 2.28. The molecule has 1 aromatic carbocycles. The van der Waals surface area contributed by atoms with Crippen LogP contribution in [0.2, 0.25) is 0 Å². The first-order chi connectivity index (χ1) is 6.79. The van der Waals surface area contributed by atoms with Crippen LogP contribution >= 0.6 is 0 Å². The minimum Gasteiger partial charge on any atom is -0.369 e. The molecule has 1 N–H and O–H groups in total. The molecule has 0 spiro atoms. The third-order valence-corrected chi connectivity index (χ3v) is 2.76. The summed E-state index contributed by atoms with van der Waals surface area (Å²) in [6.07, 6.45) is 1.11. The number of hydrogen-bond acceptors (Lipinski definition) is 2. The lowest BCUT2D eigenvalue weighted by Gasteiger charge is -2.23. The molecular formula is C12H17NO. The first-order valence-electron chi connectivity index (χ1n) is 5.17. The van der Waals surface area contributed by atoms with Crippen LogP contribution in [0.4, 0.5) is 0 Å². The Morgan fingerprint density at radius 1 is 1.36 bits per heavy atom. The molecule has 2 rings (SSSR count). The van der Waals surface area contributed by atoms with Crippen molar-refractivity contribution in [1.82, 2.24) is 5.32 Å². The third-order valence-electron chi connectivity index (χ3n) is 2.76. The Hall–Kier alpha value is -0.860. The lowest BCUT2D eigenvalue weighted by Crippen LogP contribution is -2.30. The Balaban J connectivity index is 1.88. The Morgan fingerprint density at radius 3 is 2.79 bits per heavy atom. The molecule has 0 bridgehead atoms. The minimum absolute atomic E-state index is 0.0375. The van der Waals surface area contributed by atoms with Crippen LogP contribution in [0, 0.1) is 0 Å². The monoisotopic (exact) mass is 191 g/mol. The van der Waals surface area contributed by atoms with Gasteiger partial charge in [0.15, 0.2) is 0 Å². The fourth-order valence-corrected chi connectivity index (χ4v) is 1.75. The predicted molar refractivity (Wildman–Crippen MR) is 57.1 cm³/mol. The van der Waals surface area contributed by atoms with E-state index >= 15 is 0 Å². The first-order valence-corrected chi connectivity index (χ1v) is 5.17. The van der Waals surface area contributed by atoms with Crippen molar-refractivity contribution in [2.75, 3.05) is 13.1 Å². The maximum Gasteiger partial charge on any atom is 0.0794 e. The Morgan fingerprint density at radius 2 is 2.14 bits per heavy atom. The second kappa shape index (κ2) is 4.11. The smallest absolute Gasteiger partial charge is 0.0794 e. The molecular weight excluding hydrogens is 174 g/mol. The van der Waals surface area contributed by atoms with E-state index in [0.717, 1.165) is 26.1 Å². The lowest BCUT2D eigenvalue weighted by atomic mass is 10.1. The summed E-state index contributed by atoms with van der Waals surface area (Å²) in [5.74, 6) is 0. The largest absolute Gasteiger partial charge is 0.369 e. The van der Waals surface area contributed by atoms with E-state index in [1.807, 2.05) is 18.2 Å². The molecule has 1 unspecified atom stereocenters. The highest BCUT2D eigenvalue weighted by atomic mass is 16.5. The Kier molecular flexibility index (Phi) is 2.85. The van der Waals surface area contributed by atoms with Crippen molar-refractivity contribution >= 4 is 0 Å². The zero-order valence-corrected chi connectivity index (χ0v) is 8.62. The fraction of sp³-hybridized carbons (Fsp3) is 0.500. The van der Waals surface area contributed by atoms with Crippen LogP contribution in [0.25, 0.3) is 0 Å². The molecule has 2 heteroatoms. The van der Waals surface area contributed by atoms with Crippen LogP contribution in [-0.4, -0.2) is 18.7 Å². The van der Waals surface area contributed by atoms with E-state index in [4.69, 9.17) is 4.74 Å². The molecule has 1 atom stereocenters. The zero-order valence-electron chi connectivity index (χ0n) is 8.62. The van der Waals surface area contributed by atoms with Gasteiger partial charge in [-0.2, -0.15) is 0 Å². The molecule has 1 aliphatic heterocycles. The van der Waals surface area contributed by atoms with Crippen LogP contribution in [-0.2, 0) is 11.3 Å². The van der Waals surface area contributed by atoms with Crippen LogP contribution < -0.4 is 5.32 Å². The normalized spacial score (nSPS) is 26.6. The molecule has 1 heterocycles.